The van der Waals surface area contributed by atoms with Gasteiger partial charge in [0.15, 0.2) is 11.0 Å². The lowest BCUT2D eigenvalue weighted by atomic mass is 10.2. The molecule has 0 N–H and O–H groups in total. The van der Waals surface area contributed by atoms with Gasteiger partial charge in [-0.25, -0.2) is 9.98 Å². The zero-order valence-corrected chi connectivity index (χ0v) is 17.4. The second-order valence-electron chi connectivity index (χ2n) is 6.74. The normalized spacial score (nSPS) is 13.9. The first-order valence-corrected chi connectivity index (χ1v) is 10.7. The van der Waals surface area contributed by atoms with Crippen LogP contribution in [0, 0.1) is 0 Å². The molecule has 0 saturated carbocycles. The van der Waals surface area contributed by atoms with Crippen molar-refractivity contribution in [2.45, 2.75) is 25.6 Å². The zero-order chi connectivity index (χ0) is 21.1. The number of halogens is 4. The second-order valence-corrected chi connectivity index (χ2v) is 8.24. The summed E-state index contributed by atoms with van der Waals surface area (Å²) in [4.78, 5) is 11.3. The number of alkyl halides is 3. The molecule has 2 heterocycles. The Labute approximate surface area is 181 Å². The Hall–Kier alpha value is -2.45. The lowest BCUT2D eigenvalue weighted by Crippen LogP contribution is -2.31. The number of fused-ring (bicyclic) bond motifs is 1. The number of aliphatic imine (C=N–C) groups is 1. The van der Waals surface area contributed by atoms with E-state index in [9.17, 15) is 13.2 Å². The van der Waals surface area contributed by atoms with E-state index < -0.39 is 12.6 Å². The van der Waals surface area contributed by atoms with E-state index in [0.717, 1.165) is 17.1 Å². The van der Waals surface area contributed by atoms with Gasteiger partial charge in [-0.05, 0) is 42.8 Å². The third-order valence-electron chi connectivity index (χ3n) is 4.56. The van der Waals surface area contributed by atoms with E-state index in [0.29, 0.717) is 28.3 Å². The molecular weight excluding hydrogens is 433 g/mol. The van der Waals surface area contributed by atoms with Crippen LogP contribution in [-0.4, -0.2) is 26.6 Å². The van der Waals surface area contributed by atoms with Crippen LogP contribution in [0.25, 0.3) is 5.69 Å². The van der Waals surface area contributed by atoms with Gasteiger partial charge in [-0.3, -0.25) is 4.57 Å². The number of para-hydroxylation sites is 1. The fourth-order valence-electron chi connectivity index (χ4n) is 3.12. The van der Waals surface area contributed by atoms with Gasteiger partial charge in [0, 0.05) is 28.6 Å². The molecule has 0 amide bonds. The number of imidazole rings is 1. The quantitative estimate of drug-likeness (QED) is 0.410. The Balaban J connectivity index is 1.64. The summed E-state index contributed by atoms with van der Waals surface area (Å²) in [6, 6.07) is 17.0. The minimum absolute atomic E-state index is 0.0342. The van der Waals surface area contributed by atoms with E-state index in [1.165, 1.54) is 11.8 Å². The van der Waals surface area contributed by atoms with Crippen LogP contribution in [0.1, 0.15) is 18.5 Å². The summed E-state index contributed by atoms with van der Waals surface area (Å²) >= 11 is 7.33. The van der Waals surface area contributed by atoms with Crippen molar-refractivity contribution in [1.29, 1.82) is 0 Å². The Morgan fingerprint density at radius 1 is 1.00 bits per heavy atom. The van der Waals surface area contributed by atoms with Gasteiger partial charge in [0.05, 0.1) is 6.54 Å². The highest BCUT2D eigenvalue weighted by molar-refractivity contribution is 8.14. The first-order valence-electron chi connectivity index (χ1n) is 9.34. The smallest absolute Gasteiger partial charge is 0.315 e. The number of aromatic nitrogens is 2. The third-order valence-corrected chi connectivity index (χ3v) is 5.88. The van der Waals surface area contributed by atoms with Crippen molar-refractivity contribution in [3.05, 3.63) is 71.6 Å². The predicted octanol–water partition coefficient (Wildman–Crippen LogP) is 6.61. The van der Waals surface area contributed by atoms with Crippen molar-refractivity contribution >= 4 is 40.0 Å². The van der Waals surface area contributed by atoms with E-state index in [1.807, 2.05) is 51.9 Å². The molecule has 9 heteroatoms. The Morgan fingerprint density at radius 3 is 2.43 bits per heavy atom. The molecular formula is C21H18ClF3N4S. The maximum Gasteiger partial charge on any atom is 0.389 e. The largest absolute Gasteiger partial charge is 0.389 e. The molecule has 0 saturated heterocycles. The molecule has 30 heavy (non-hydrogen) atoms. The average Bonchev–Trinajstić information content (AvgIpc) is 3.14. The molecule has 0 bridgehead atoms. The van der Waals surface area contributed by atoms with Gasteiger partial charge in [-0.1, -0.05) is 41.6 Å². The summed E-state index contributed by atoms with van der Waals surface area (Å²) in [7, 11) is 0. The Bertz CT molecular complexity index is 1030. The van der Waals surface area contributed by atoms with Gasteiger partial charge < -0.3 is 4.90 Å². The van der Waals surface area contributed by atoms with Gasteiger partial charge in [-0.2, -0.15) is 13.2 Å². The van der Waals surface area contributed by atoms with Crippen LogP contribution in [0.3, 0.4) is 0 Å². The van der Waals surface area contributed by atoms with Crippen molar-refractivity contribution in [3.8, 4) is 5.69 Å². The van der Waals surface area contributed by atoms with Crippen LogP contribution >= 0.6 is 23.4 Å². The standard InChI is InChI=1S/C21H18ClF3N4S/c22-15-7-9-17(10-8-15)28-13-18-19(27-20(28)30-12-4-11-21(23,24)25)29(14-26-18)16-5-2-1-3-6-16/h1-3,5-10,14H,4,11-13H2. The molecule has 0 spiro atoms. The van der Waals surface area contributed by atoms with Crippen molar-refractivity contribution in [1.82, 2.24) is 9.55 Å². The van der Waals surface area contributed by atoms with Gasteiger partial charge in [0.25, 0.3) is 0 Å². The number of hydrogen-bond acceptors (Lipinski definition) is 4. The lowest BCUT2D eigenvalue weighted by Gasteiger charge is -2.28. The average molecular weight is 451 g/mol. The molecule has 4 nitrogen and oxygen atoms in total. The topological polar surface area (TPSA) is 33.4 Å². The second kappa shape index (κ2) is 8.73. The molecule has 1 aliphatic rings. The van der Waals surface area contributed by atoms with E-state index in [2.05, 4.69) is 4.98 Å². The fourth-order valence-corrected chi connectivity index (χ4v) is 4.20. The van der Waals surface area contributed by atoms with E-state index in [4.69, 9.17) is 16.6 Å². The number of thioether (sulfide) groups is 1. The van der Waals surface area contributed by atoms with Crippen molar-refractivity contribution in [2.75, 3.05) is 10.7 Å². The summed E-state index contributed by atoms with van der Waals surface area (Å²) in [6.45, 7) is 0.474. The molecule has 0 radical (unpaired) electrons. The SMILES string of the molecule is FC(F)(F)CCCSC1=Nc2c(ncn2-c2ccccc2)CN1c1ccc(Cl)cc1. The van der Waals surface area contributed by atoms with Crippen molar-refractivity contribution in [3.63, 3.8) is 0 Å². The monoisotopic (exact) mass is 450 g/mol. The first kappa shape index (κ1) is 20.8. The number of hydrogen-bond donors (Lipinski definition) is 0. The van der Waals surface area contributed by atoms with Gasteiger partial charge in [-0.15, -0.1) is 0 Å². The fraction of sp³-hybridized carbons (Fsp3) is 0.238. The molecule has 3 aromatic rings. The summed E-state index contributed by atoms with van der Waals surface area (Å²) < 4.78 is 39.5. The van der Waals surface area contributed by atoms with Crippen LogP contribution < -0.4 is 4.90 Å². The summed E-state index contributed by atoms with van der Waals surface area (Å²) in [5, 5.41) is 1.26. The molecule has 0 fully saturated rings. The van der Waals surface area contributed by atoms with Crippen LogP contribution in [-0.2, 0) is 6.54 Å². The number of rotatable bonds is 5. The minimum Gasteiger partial charge on any atom is -0.315 e. The van der Waals surface area contributed by atoms with Crippen LogP contribution in [0.15, 0.2) is 65.9 Å². The molecule has 156 valence electrons. The first-order chi connectivity index (χ1) is 14.4. The number of nitrogens with zero attached hydrogens (tertiary/aromatic N) is 4. The van der Waals surface area contributed by atoms with E-state index in [-0.39, 0.29) is 6.42 Å². The molecule has 2 aromatic carbocycles. The minimum atomic E-state index is -4.15. The van der Waals surface area contributed by atoms with E-state index >= 15 is 0 Å². The van der Waals surface area contributed by atoms with Gasteiger partial charge in [0.2, 0.25) is 0 Å². The van der Waals surface area contributed by atoms with Gasteiger partial charge in [0.1, 0.15) is 12.0 Å². The number of amidine groups is 1. The summed E-state index contributed by atoms with van der Waals surface area (Å²) in [5.74, 6) is 1.02. The van der Waals surface area contributed by atoms with E-state index in [1.54, 1.807) is 18.5 Å². The Kier molecular flexibility index (Phi) is 6.06. The van der Waals surface area contributed by atoms with Crippen LogP contribution in [0.2, 0.25) is 5.02 Å². The predicted molar refractivity (Wildman–Crippen MR) is 116 cm³/mol. The highest BCUT2D eigenvalue weighted by Gasteiger charge is 2.28. The maximum atomic E-state index is 12.5. The molecule has 0 unspecified atom stereocenters. The van der Waals surface area contributed by atoms with Gasteiger partial charge >= 0.3 is 6.18 Å². The van der Waals surface area contributed by atoms with Crippen molar-refractivity contribution < 1.29 is 13.2 Å². The van der Waals surface area contributed by atoms with Crippen LogP contribution in [0.4, 0.5) is 24.7 Å². The Morgan fingerprint density at radius 2 is 1.73 bits per heavy atom. The highest BCUT2D eigenvalue weighted by atomic mass is 35.5. The molecule has 4 rings (SSSR count). The van der Waals surface area contributed by atoms with Crippen molar-refractivity contribution in [2.24, 2.45) is 4.99 Å². The molecule has 0 aliphatic carbocycles. The third kappa shape index (κ3) is 4.82. The molecule has 1 aliphatic heterocycles. The highest BCUT2D eigenvalue weighted by Crippen LogP contribution is 2.35. The summed E-state index contributed by atoms with van der Waals surface area (Å²) in [5.41, 5.74) is 2.59. The summed E-state index contributed by atoms with van der Waals surface area (Å²) in [6.07, 6.45) is -3.20. The lowest BCUT2D eigenvalue weighted by molar-refractivity contribution is -0.134. The zero-order valence-electron chi connectivity index (χ0n) is 15.8. The number of benzene rings is 2. The molecule has 1 aromatic heterocycles. The number of anilines is 1. The molecule has 0 atom stereocenters. The maximum absolute atomic E-state index is 12.5. The van der Waals surface area contributed by atoms with Crippen LogP contribution in [0.5, 0.6) is 0 Å².